The number of hydrogen-bond acceptors (Lipinski definition) is 1. The number of benzene rings is 1. The Morgan fingerprint density at radius 3 is 2.43 bits per heavy atom. The molecule has 77 valence electrons. The molecule has 0 amide bonds. The van der Waals surface area contributed by atoms with Crippen LogP contribution in [-0.2, 0) is 0 Å². The fourth-order valence-electron chi connectivity index (χ4n) is 0.821. The molecule has 1 radical (unpaired) electrons. The van der Waals surface area contributed by atoms with Crippen molar-refractivity contribution < 1.29 is 26.7 Å². The number of ether oxygens (including phenoxy) is 1. The van der Waals surface area contributed by atoms with Gasteiger partial charge in [-0.2, -0.15) is 0 Å². The molecule has 1 aromatic carbocycles. The first kappa shape index (κ1) is 10.7. The van der Waals surface area contributed by atoms with Crippen LogP contribution in [0.2, 0.25) is 0 Å². The highest BCUT2D eigenvalue weighted by atomic mass is 19.4. The lowest BCUT2D eigenvalue weighted by molar-refractivity contribution is -0.275. The van der Waals surface area contributed by atoms with Crippen molar-refractivity contribution in [1.82, 2.24) is 0 Å². The third-order valence-corrected chi connectivity index (χ3v) is 1.32. The number of hydrogen-bond donors (Lipinski definition) is 0. The van der Waals surface area contributed by atoms with Crippen LogP contribution in [-0.4, -0.2) is 6.36 Å². The lowest BCUT2D eigenvalue weighted by Gasteiger charge is -2.11. The van der Waals surface area contributed by atoms with Crippen molar-refractivity contribution in [3.63, 3.8) is 0 Å². The van der Waals surface area contributed by atoms with Crippen LogP contribution in [0.25, 0.3) is 0 Å². The van der Waals surface area contributed by atoms with Crippen LogP contribution < -0.4 is 4.74 Å². The number of alkyl halides is 5. The van der Waals surface area contributed by atoms with Crippen molar-refractivity contribution in [2.75, 3.05) is 0 Å². The van der Waals surface area contributed by atoms with E-state index < -0.39 is 24.1 Å². The topological polar surface area (TPSA) is 9.23 Å². The van der Waals surface area contributed by atoms with Crippen LogP contribution in [0.1, 0.15) is 12.0 Å². The van der Waals surface area contributed by atoms with E-state index in [0.29, 0.717) is 0 Å². The molecule has 6 heteroatoms. The van der Waals surface area contributed by atoms with E-state index in [4.69, 9.17) is 0 Å². The molecule has 0 fully saturated rings. The Balaban J connectivity index is 2.96. The third-order valence-electron chi connectivity index (χ3n) is 1.32. The molecule has 1 rings (SSSR count). The summed E-state index contributed by atoms with van der Waals surface area (Å²) in [6, 6.07) is 4.85. The van der Waals surface area contributed by atoms with E-state index in [9.17, 15) is 22.0 Å². The monoisotopic (exact) mass is 211 g/mol. The minimum Gasteiger partial charge on any atom is -0.405 e. The molecule has 1 aromatic rings. The van der Waals surface area contributed by atoms with Gasteiger partial charge in [-0.1, -0.05) is 6.07 Å². The summed E-state index contributed by atoms with van der Waals surface area (Å²) in [6.07, 6.45) is -7.99. The van der Waals surface area contributed by atoms with Crippen LogP contribution >= 0.6 is 0 Å². The van der Waals surface area contributed by atoms with Gasteiger partial charge >= 0.3 is 6.36 Å². The summed E-state index contributed by atoms with van der Waals surface area (Å²) in [6.45, 7) is 0. The third kappa shape index (κ3) is 2.86. The van der Waals surface area contributed by atoms with Gasteiger partial charge in [0.25, 0.3) is 6.43 Å². The quantitative estimate of drug-likeness (QED) is 0.681. The maximum Gasteiger partial charge on any atom is 0.573 e. The largest absolute Gasteiger partial charge is 0.573 e. The highest BCUT2D eigenvalue weighted by molar-refractivity contribution is 5.33. The Kier molecular flexibility index (Phi) is 2.93. The van der Waals surface area contributed by atoms with Crippen LogP contribution in [0.4, 0.5) is 22.0 Å². The molecule has 14 heavy (non-hydrogen) atoms. The van der Waals surface area contributed by atoms with Crippen molar-refractivity contribution in [3.8, 4) is 5.75 Å². The first-order valence-corrected chi connectivity index (χ1v) is 3.44. The maximum absolute atomic E-state index is 12.1. The summed E-state index contributed by atoms with van der Waals surface area (Å²) in [7, 11) is 0. The number of halogens is 5. The van der Waals surface area contributed by atoms with Crippen LogP contribution in [0.15, 0.2) is 18.2 Å². The van der Waals surface area contributed by atoms with Crippen LogP contribution in [0.3, 0.4) is 0 Å². The molecular formula is C8H4F5O. The van der Waals surface area contributed by atoms with Crippen molar-refractivity contribution in [2.24, 2.45) is 0 Å². The SMILES string of the molecule is FC(F)c1cc[c]cc1OC(F)(F)F. The molecule has 0 heterocycles. The summed E-state index contributed by atoms with van der Waals surface area (Å²) < 4.78 is 62.8. The Morgan fingerprint density at radius 1 is 1.29 bits per heavy atom. The van der Waals surface area contributed by atoms with E-state index in [2.05, 4.69) is 10.8 Å². The summed E-state index contributed by atoms with van der Waals surface area (Å²) in [5.74, 6) is -0.921. The normalized spacial score (nSPS) is 11.9. The van der Waals surface area contributed by atoms with E-state index in [0.717, 1.165) is 18.2 Å². The molecular weight excluding hydrogens is 207 g/mol. The van der Waals surface area contributed by atoms with Gasteiger partial charge < -0.3 is 4.74 Å². The molecule has 0 aromatic heterocycles. The second-order valence-electron chi connectivity index (χ2n) is 2.31. The van der Waals surface area contributed by atoms with E-state index in [-0.39, 0.29) is 0 Å². The van der Waals surface area contributed by atoms with Gasteiger partial charge in [-0.3, -0.25) is 0 Å². The lowest BCUT2D eigenvalue weighted by Crippen LogP contribution is -2.18. The molecule has 0 saturated carbocycles. The molecule has 0 bridgehead atoms. The predicted octanol–water partition coefficient (Wildman–Crippen LogP) is 3.32. The molecule has 0 saturated heterocycles. The van der Waals surface area contributed by atoms with Gasteiger partial charge in [-0.15, -0.1) is 13.2 Å². The van der Waals surface area contributed by atoms with E-state index >= 15 is 0 Å². The van der Waals surface area contributed by atoms with Crippen molar-refractivity contribution in [2.45, 2.75) is 12.8 Å². The van der Waals surface area contributed by atoms with Crippen molar-refractivity contribution in [3.05, 3.63) is 29.8 Å². The zero-order chi connectivity index (χ0) is 10.8. The van der Waals surface area contributed by atoms with E-state index in [1.807, 2.05) is 0 Å². The van der Waals surface area contributed by atoms with Crippen LogP contribution in [0.5, 0.6) is 5.75 Å². The van der Waals surface area contributed by atoms with Gasteiger partial charge in [0.1, 0.15) is 5.75 Å². The molecule has 0 aliphatic rings. The zero-order valence-electron chi connectivity index (χ0n) is 6.61. The minimum absolute atomic E-state index is 0.717. The molecule has 0 aliphatic carbocycles. The standard InChI is InChI=1S/C8H4F5O/c9-7(10)5-3-1-2-4-6(5)14-8(11,12)13/h1,3-4,7H. The average Bonchev–Trinajstić information content (AvgIpc) is 2.01. The van der Waals surface area contributed by atoms with Gasteiger partial charge in [-0.25, -0.2) is 8.78 Å². The average molecular weight is 211 g/mol. The predicted molar refractivity (Wildman–Crippen MR) is 36.9 cm³/mol. The Hall–Kier alpha value is -1.33. The van der Waals surface area contributed by atoms with Crippen LogP contribution in [0, 0.1) is 6.07 Å². The van der Waals surface area contributed by atoms with E-state index in [1.54, 1.807) is 0 Å². The molecule has 0 atom stereocenters. The highest BCUT2D eigenvalue weighted by Crippen LogP contribution is 2.32. The highest BCUT2D eigenvalue weighted by Gasteiger charge is 2.32. The van der Waals surface area contributed by atoms with Gasteiger partial charge in [0.2, 0.25) is 0 Å². The maximum atomic E-state index is 12.1. The zero-order valence-corrected chi connectivity index (χ0v) is 6.61. The van der Waals surface area contributed by atoms with Crippen molar-refractivity contribution in [1.29, 1.82) is 0 Å². The van der Waals surface area contributed by atoms with Gasteiger partial charge in [0.05, 0.1) is 5.56 Å². The fraction of sp³-hybridized carbons (Fsp3) is 0.250. The fourth-order valence-corrected chi connectivity index (χ4v) is 0.821. The second kappa shape index (κ2) is 3.81. The van der Waals surface area contributed by atoms with E-state index in [1.165, 1.54) is 0 Å². The summed E-state index contributed by atoms with van der Waals surface area (Å²) in [5, 5.41) is 0. The smallest absolute Gasteiger partial charge is 0.405 e. The van der Waals surface area contributed by atoms with Gasteiger partial charge in [0.15, 0.2) is 0 Å². The Morgan fingerprint density at radius 2 is 1.93 bits per heavy atom. The number of rotatable bonds is 2. The first-order chi connectivity index (χ1) is 6.40. The first-order valence-electron chi connectivity index (χ1n) is 3.44. The van der Waals surface area contributed by atoms with Gasteiger partial charge in [-0.05, 0) is 18.2 Å². The Bertz CT molecular complexity index is 307. The molecule has 0 N–H and O–H groups in total. The van der Waals surface area contributed by atoms with Gasteiger partial charge in [0, 0.05) is 0 Å². The minimum atomic E-state index is -4.97. The second-order valence-corrected chi connectivity index (χ2v) is 2.31. The molecule has 0 spiro atoms. The summed E-state index contributed by atoms with van der Waals surface area (Å²) in [5.41, 5.74) is -0.805. The molecule has 1 nitrogen and oxygen atoms in total. The summed E-state index contributed by atoms with van der Waals surface area (Å²) in [4.78, 5) is 0. The summed E-state index contributed by atoms with van der Waals surface area (Å²) >= 11 is 0. The van der Waals surface area contributed by atoms with Crippen molar-refractivity contribution >= 4 is 0 Å². The molecule has 0 unspecified atom stereocenters. The lowest BCUT2D eigenvalue weighted by atomic mass is 10.2. The molecule has 0 aliphatic heterocycles. The Labute approximate surface area is 76.1 Å².